The summed E-state index contributed by atoms with van der Waals surface area (Å²) in [6.45, 7) is 11.3. The van der Waals surface area contributed by atoms with Crippen molar-refractivity contribution in [2.24, 2.45) is 0 Å². The second-order valence-corrected chi connectivity index (χ2v) is 7.73. The number of unbranched alkanes of at least 4 members (excludes halogenated alkanes) is 3. The third-order valence-corrected chi connectivity index (χ3v) is 5.86. The molecule has 0 heterocycles. The first-order chi connectivity index (χ1) is 7.60. The fraction of sp³-hybridized carbons (Fsp3) is 0.867. The standard InChI is InChI=1S/C15H29.Sn/c1-5-8-11-14(4)15(12-9-6-2)13-10-7-3;/h4-13H2,1-3H3;. The molecule has 0 saturated heterocycles. The molecule has 93 valence electrons. The van der Waals surface area contributed by atoms with E-state index in [2.05, 4.69) is 27.4 Å². The third kappa shape index (κ3) is 6.32. The summed E-state index contributed by atoms with van der Waals surface area (Å²) in [5, 5.41) is 0. The van der Waals surface area contributed by atoms with E-state index in [4.69, 9.17) is 0 Å². The molecule has 0 aliphatic carbocycles. The van der Waals surface area contributed by atoms with Crippen LogP contribution in [-0.2, 0) is 0 Å². The van der Waals surface area contributed by atoms with Crippen LogP contribution in [0.15, 0.2) is 12.2 Å². The normalized spacial score (nSPS) is 11.8. The Balaban J connectivity index is 4.30. The predicted molar refractivity (Wildman–Crippen MR) is 76.2 cm³/mol. The number of allylic oxidation sites excluding steroid dienone is 1. The van der Waals surface area contributed by atoms with Crippen molar-refractivity contribution in [3.05, 3.63) is 12.2 Å². The zero-order valence-corrected chi connectivity index (χ0v) is 14.4. The summed E-state index contributed by atoms with van der Waals surface area (Å²) in [6, 6.07) is 0. The van der Waals surface area contributed by atoms with Gasteiger partial charge in [-0.2, -0.15) is 0 Å². The molecule has 0 amide bonds. The van der Waals surface area contributed by atoms with Crippen molar-refractivity contribution in [2.75, 3.05) is 0 Å². The Morgan fingerprint density at radius 2 is 1.38 bits per heavy atom. The van der Waals surface area contributed by atoms with E-state index in [-0.39, 0.29) is 0 Å². The summed E-state index contributed by atoms with van der Waals surface area (Å²) < 4.78 is 0.508. The van der Waals surface area contributed by atoms with E-state index in [1.165, 1.54) is 57.8 Å². The van der Waals surface area contributed by atoms with Gasteiger partial charge in [-0.25, -0.2) is 0 Å². The van der Waals surface area contributed by atoms with Gasteiger partial charge in [-0.3, -0.25) is 0 Å². The number of hydrogen-bond donors (Lipinski definition) is 0. The van der Waals surface area contributed by atoms with Gasteiger partial charge in [0, 0.05) is 0 Å². The Morgan fingerprint density at radius 3 is 1.75 bits per heavy atom. The Hall–Kier alpha value is 0.539. The van der Waals surface area contributed by atoms with E-state index in [9.17, 15) is 0 Å². The Morgan fingerprint density at radius 1 is 0.938 bits per heavy atom. The molecule has 0 rings (SSSR count). The first-order valence-corrected chi connectivity index (χ1v) is 8.46. The maximum absolute atomic E-state index is 4.39. The van der Waals surface area contributed by atoms with Crippen LogP contribution in [0.2, 0.25) is 3.43 Å². The Kier molecular flexibility index (Phi) is 9.88. The fourth-order valence-electron chi connectivity index (χ4n) is 2.07. The molecule has 0 aromatic carbocycles. The van der Waals surface area contributed by atoms with Crippen molar-refractivity contribution >= 4 is 22.5 Å². The molecule has 0 unspecified atom stereocenters. The number of hydrogen-bond acceptors (Lipinski definition) is 0. The Labute approximate surface area is 116 Å². The van der Waals surface area contributed by atoms with Crippen LogP contribution in [0.25, 0.3) is 0 Å². The van der Waals surface area contributed by atoms with Gasteiger partial charge in [0.05, 0.1) is 0 Å². The molecule has 0 nitrogen and oxygen atoms in total. The van der Waals surface area contributed by atoms with Crippen molar-refractivity contribution in [1.82, 2.24) is 0 Å². The molecular weight excluding hydrogens is 299 g/mol. The van der Waals surface area contributed by atoms with E-state index in [0.29, 0.717) is 3.43 Å². The van der Waals surface area contributed by atoms with Gasteiger partial charge in [0.15, 0.2) is 0 Å². The monoisotopic (exact) mass is 329 g/mol. The van der Waals surface area contributed by atoms with Crippen LogP contribution in [0.1, 0.15) is 78.6 Å². The molecule has 0 aromatic rings. The van der Waals surface area contributed by atoms with E-state index >= 15 is 0 Å². The van der Waals surface area contributed by atoms with Crippen molar-refractivity contribution in [2.45, 2.75) is 82.0 Å². The molecule has 0 saturated carbocycles. The van der Waals surface area contributed by atoms with E-state index < -0.39 is 0 Å². The molecule has 0 aliphatic rings. The van der Waals surface area contributed by atoms with Crippen LogP contribution in [0.5, 0.6) is 0 Å². The molecule has 0 atom stereocenters. The summed E-state index contributed by atoms with van der Waals surface area (Å²) in [5.41, 5.74) is 1.55. The summed E-state index contributed by atoms with van der Waals surface area (Å²) >= 11 is 1.70. The van der Waals surface area contributed by atoms with Crippen molar-refractivity contribution in [1.29, 1.82) is 0 Å². The molecule has 16 heavy (non-hydrogen) atoms. The maximum atomic E-state index is 4.39. The van der Waals surface area contributed by atoms with Crippen LogP contribution in [-0.4, -0.2) is 22.5 Å². The summed E-state index contributed by atoms with van der Waals surface area (Å²) in [7, 11) is 0. The van der Waals surface area contributed by atoms with Gasteiger partial charge in [0.2, 0.25) is 0 Å². The zero-order valence-electron chi connectivity index (χ0n) is 11.6. The van der Waals surface area contributed by atoms with E-state index in [0.717, 1.165) is 0 Å². The second-order valence-electron chi connectivity index (χ2n) is 5.00. The van der Waals surface area contributed by atoms with Gasteiger partial charge >= 0.3 is 117 Å². The Bertz CT molecular complexity index is 176. The molecule has 0 fully saturated rings. The van der Waals surface area contributed by atoms with Gasteiger partial charge in [-0.1, -0.05) is 0 Å². The molecule has 0 bridgehead atoms. The predicted octanol–water partition coefficient (Wildman–Crippen LogP) is 5.44. The number of rotatable bonds is 10. The SMILES string of the molecule is C=C(CCCC)[C]([Sn])(CCCC)CCCC. The first-order valence-electron chi connectivity index (χ1n) is 7.04. The second kappa shape index (κ2) is 9.56. The van der Waals surface area contributed by atoms with Crippen LogP contribution < -0.4 is 0 Å². The average molecular weight is 328 g/mol. The minimum absolute atomic E-state index is 0.508. The molecule has 0 spiro atoms. The molecule has 0 N–H and O–H groups in total. The van der Waals surface area contributed by atoms with Crippen molar-refractivity contribution < 1.29 is 0 Å². The molecule has 1 heteroatoms. The van der Waals surface area contributed by atoms with E-state index in [1.807, 2.05) is 0 Å². The first kappa shape index (κ1) is 16.5. The van der Waals surface area contributed by atoms with E-state index in [1.54, 1.807) is 28.1 Å². The third-order valence-electron chi connectivity index (χ3n) is 3.42. The van der Waals surface area contributed by atoms with Gasteiger partial charge in [0.1, 0.15) is 0 Å². The summed E-state index contributed by atoms with van der Waals surface area (Å²) in [4.78, 5) is 0. The van der Waals surface area contributed by atoms with Crippen LogP contribution in [0.3, 0.4) is 0 Å². The topological polar surface area (TPSA) is 0 Å². The van der Waals surface area contributed by atoms with Crippen LogP contribution >= 0.6 is 0 Å². The van der Waals surface area contributed by atoms with Crippen molar-refractivity contribution in [3.63, 3.8) is 0 Å². The average Bonchev–Trinajstić information content (AvgIpc) is 2.30. The molecule has 0 aromatic heterocycles. The summed E-state index contributed by atoms with van der Waals surface area (Å²) in [5.74, 6) is 0. The van der Waals surface area contributed by atoms with Crippen molar-refractivity contribution in [3.8, 4) is 0 Å². The molecular formula is C15H29Sn. The summed E-state index contributed by atoms with van der Waals surface area (Å²) in [6.07, 6.45) is 12.0. The van der Waals surface area contributed by atoms with Gasteiger partial charge in [-0.05, 0) is 0 Å². The fourth-order valence-corrected chi connectivity index (χ4v) is 3.43. The molecule has 3 radical (unpaired) electrons. The zero-order chi connectivity index (χ0) is 12.4. The van der Waals surface area contributed by atoms with Gasteiger partial charge < -0.3 is 0 Å². The van der Waals surface area contributed by atoms with Gasteiger partial charge in [-0.15, -0.1) is 0 Å². The van der Waals surface area contributed by atoms with Crippen LogP contribution in [0, 0.1) is 0 Å². The quantitative estimate of drug-likeness (QED) is 0.370. The van der Waals surface area contributed by atoms with Crippen LogP contribution in [0.4, 0.5) is 0 Å². The minimum atomic E-state index is 0.508. The van der Waals surface area contributed by atoms with Gasteiger partial charge in [0.25, 0.3) is 0 Å². The molecule has 0 aliphatic heterocycles.